The van der Waals surface area contributed by atoms with Crippen LogP contribution in [0.3, 0.4) is 0 Å². The standard InChI is InChI=1S/C5H10BrF/c1-2-5(7)3-4-6/h5H,2-4H2,1H3. The summed E-state index contributed by atoms with van der Waals surface area (Å²) in [6.45, 7) is 1.85. The predicted octanol–water partition coefficient (Wildman–Crippen LogP) is 2.52. The van der Waals surface area contributed by atoms with Crippen LogP contribution in [0.25, 0.3) is 0 Å². The van der Waals surface area contributed by atoms with Crippen LogP contribution in [0.5, 0.6) is 0 Å². The van der Waals surface area contributed by atoms with Crippen molar-refractivity contribution in [2.24, 2.45) is 0 Å². The molecule has 0 amide bonds. The summed E-state index contributed by atoms with van der Waals surface area (Å²) < 4.78 is 12.1. The van der Waals surface area contributed by atoms with Crippen LogP contribution in [-0.4, -0.2) is 11.5 Å². The zero-order valence-corrected chi connectivity index (χ0v) is 6.04. The Bertz CT molecular complexity index is 39.1. The van der Waals surface area contributed by atoms with Gasteiger partial charge in [0.05, 0.1) is 0 Å². The molecule has 0 aromatic carbocycles. The molecule has 0 saturated carbocycles. The molecule has 0 aliphatic carbocycles. The van der Waals surface area contributed by atoms with Gasteiger partial charge >= 0.3 is 0 Å². The molecular formula is C5H10BrF. The molecule has 0 aromatic rings. The highest BCUT2D eigenvalue weighted by Crippen LogP contribution is 2.03. The zero-order chi connectivity index (χ0) is 5.70. The minimum Gasteiger partial charge on any atom is -0.247 e. The minimum absolute atomic E-state index is 0.598. The summed E-state index contributed by atoms with van der Waals surface area (Å²) in [5.41, 5.74) is 0. The molecule has 0 aromatic heterocycles. The van der Waals surface area contributed by atoms with Crippen molar-refractivity contribution in [3.05, 3.63) is 0 Å². The van der Waals surface area contributed by atoms with E-state index in [1.54, 1.807) is 0 Å². The summed E-state index contributed by atoms with van der Waals surface area (Å²) in [5.74, 6) is 0. The predicted molar refractivity (Wildman–Crippen MR) is 33.6 cm³/mol. The summed E-state index contributed by atoms with van der Waals surface area (Å²) >= 11 is 3.15. The molecule has 44 valence electrons. The molecule has 0 aliphatic heterocycles. The molecule has 0 heterocycles. The first-order valence-electron chi connectivity index (χ1n) is 2.51. The highest BCUT2D eigenvalue weighted by molar-refractivity contribution is 9.09. The third-order valence-electron chi connectivity index (χ3n) is 0.865. The number of alkyl halides is 2. The second kappa shape index (κ2) is 4.57. The van der Waals surface area contributed by atoms with Crippen molar-refractivity contribution in [2.75, 3.05) is 5.33 Å². The van der Waals surface area contributed by atoms with E-state index >= 15 is 0 Å². The topological polar surface area (TPSA) is 0 Å². The quantitative estimate of drug-likeness (QED) is 0.569. The average molecular weight is 169 g/mol. The van der Waals surface area contributed by atoms with Crippen LogP contribution in [0.2, 0.25) is 0 Å². The number of rotatable bonds is 3. The van der Waals surface area contributed by atoms with Gasteiger partial charge < -0.3 is 0 Å². The molecular weight excluding hydrogens is 159 g/mol. The Morgan fingerprint density at radius 1 is 1.71 bits per heavy atom. The molecule has 0 N–H and O–H groups in total. The Balaban J connectivity index is 2.83. The fraction of sp³-hybridized carbons (Fsp3) is 1.00. The van der Waals surface area contributed by atoms with Gasteiger partial charge in [0.15, 0.2) is 0 Å². The van der Waals surface area contributed by atoms with E-state index in [0.717, 1.165) is 5.33 Å². The lowest BCUT2D eigenvalue weighted by Crippen LogP contribution is -1.96. The third kappa shape index (κ3) is 4.26. The van der Waals surface area contributed by atoms with E-state index in [2.05, 4.69) is 15.9 Å². The van der Waals surface area contributed by atoms with E-state index in [4.69, 9.17) is 0 Å². The molecule has 7 heavy (non-hydrogen) atoms. The maximum Gasteiger partial charge on any atom is 0.101 e. The lowest BCUT2D eigenvalue weighted by atomic mass is 10.2. The van der Waals surface area contributed by atoms with Gasteiger partial charge in [-0.05, 0) is 12.8 Å². The summed E-state index contributed by atoms with van der Waals surface area (Å²) in [7, 11) is 0. The SMILES string of the molecule is CCC(F)CCBr. The molecule has 1 atom stereocenters. The molecule has 0 aliphatic rings. The number of hydrogen-bond donors (Lipinski definition) is 0. The van der Waals surface area contributed by atoms with Gasteiger partial charge in [-0.3, -0.25) is 0 Å². The molecule has 0 radical (unpaired) electrons. The summed E-state index contributed by atoms with van der Waals surface area (Å²) in [5, 5.41) is 0.780. The van der Waals surface area contributed by atoms with Crippen LogP contribution < -0.4 is 0 Å². The molecule has 0 fully saturated rings. The van der Waals surface area contributed by atoms with Gasteiger partial charge in [0.1, 0.15) is 6.17 Å². The van der Waals surface area contributed by atoms with Crippen LogP contribution in [0.15, 0.2) is 0 Å². The first-order valence-corrected chi connectivity index (χ1v) is 3.63. The Hall–Kier alpha value is 0.410. The van der Waals surface area contributed by atoms with Crippen molar-refractivity contribution >= 4 is 15.9 Å². The van der Waals surface area contributed by atoms with Crippen LogP contribution in [0.1, 0.15) is 19.8 Å². The first kappa shape index (κ1) is 7.41. The maximum absolute atomic E-state index is 12.1. The fourth-order valence-electron chi connectivity index (χ4n) is 0.323. The molecule has 2 heteroatoms. The summed E-state index contributed by atoms with van der Waals surface area (Å²) in [6, 6.07) is 0. The highest BCUT2D eigenvalue weighted by Gasteiger charge is 1.98. The van der Waals surface area contributed by atoms with Crippen molar-refractivity contribution in [3.8, 4) is 0 Å². The monoisotopic (exact) mass is 168 g/mol. The van der Waals surface area contributed by atoms with E-state index < -0.39 is 6.17 Å². The number of hydrogen-bond acceptors (Lipinski definition) is 0. The van der Waals surface area contributed by atoms with Crippen LogP contribution in [0.4, 0.5) is 4.39 Å². The minimum atomic E-state index is -0.598. The van der Waals surface area contributed by atoms with Gasteiger partial charge in [0.25, 0.3) is 0 Å². The molecule has 1 unspecified atom stereocenters. The van der Waals surface area contributed by atoms with Crippen LogP contribution in [-0.2, 0) is 0 Å². The lowest BCUT2D eigenvalue weighted by Gasteiger charge is -1.97. The van der Waals surface area contributed by atoms with Crippen molar-refractivity contribution < 1.29 is 4.39 Å². The fourth-order valence-corrected chi connectivity index (χ4v) is 0.819. The molecule has 0 rings (SSSR count). The number of halogens is 2. The highest BCUT2D eigenvalue weighted by atomic mass is 79.9. The van der Waals surface area contributed by atoms with Crippen molar-refractivity contribution in [2.45, 2.75) is 25.9 Å². The summed E-state index contributed by atoms with van der Waals surface area (Å²) in [4.78, 5) is 0. The lowest BCUT2D eigenvalue weighted by molar-refractivity contribution is 0.318. The summed E-state index contributed by atoms with van der Waals surface area (Å²) in [6.07, 6.45) is 0.696. The van der Waals surface area contributed by atoms with Crippen molar-refractivity contribution in [1.29, 1.82) is 0 Å². The van der Waals surface area contributed by atoms with E-state index in [0.29, 0.717) is 12.8 Å². The molecule has 0 nitrogen and oxygen atoms in total. The zero-order valence-electron chi connectivity index (χ0n) is 4.45. The van der Waals surface area contributed by atoms with Gasteiger partial charge in [0, 0.05) is 5.33 Å². The Labute approximate surface area is 52.2 Å². The molecule has 0 saturated heterocycles. The second-order valence-electron chi connectivity index (χ2n) is 1.48. The van der Waals surface area contributed by atoms with Gasteiger partial charge in [-0.2, -0.15) is 0 Å². The third-order valence-corrected chi connectivity index (χ3v) is 1.32. The van der Waals surface area contributed by atoms with E-state index in [9.17, 15) is 4.39 Å². The second-order valence-corrected chi connectivity index (χ2v) is 2.28. The Kier molecular flexibility index (Phi) is 4.83. The molecule has 0 spiro atoms. The normalized spacial score (nSPS) is 14.1. The largest absolute Gasteiger partial charge is 0.247 e. The van der Waals surface area contributed by atoms with Gasteiger partial charge in [0.2, 0.25) is 0 Å². The maximum atomic E-state index is 12.1. The van der Waals surface area contributed by atoms with Gasteiger partial charge in [-0.25, -0.2) is 4.39 Å². The first-order chi connectivity index (χ1) is 3.31. The van der Waals surface area contributed by atoms with Crippen LogP contribution >= 0.6 is 15.9 Å². The Morgan fingerprint density at radius 3 is 2.43 bits per heavy atom. The van der Waals surface area contributed by atoms with E-state index in [1.807, 2.05) is 6.92 Å². The Morgan fingerprint density at radius 2 is 2.29 bits per heavy atom. The average Bonchev–Trinajstić information content (AvgIpc) is 1.68. The van der Waals surface area contributed by atoms with Crippen LogP contribution in [0, 0.1) is 0 Å². The van der Waals surface area contributed by atoms with Crippen molar-refractivity contribution in [1.82, 2.24) is 0 Å². The smallest absolute Gasteiger partial charge is 0.101 e. The molecule has 0 bridgehead atoms. The van der Waals surface area contributed by atoms with Gasteiger partial charge in [-0.1, -0.05) is 22.9 Å². The van der Waals surface area contributed by atoms with Crippen molar-refractivity contribution in [3.63, 3.8) is 0 Å². The van der Waals surface area contributed by atoms with E-state index in [1.165, 1.54) is 0 Å². The van der Waals surface area contributed by atoms with E-state index in [-0.39, 0.29) is 0 Å². The van der Waals surface area contributed by atoms with Gasteiger partial charge in [-0.15, -0.1) is 0 Å².